The van der Waals surface area contributed by atoms with Crippen molar-refractivity contribution in [3.8, 4) is 0 Å². The molecule has 1 saturated carbocycles. The third-order valence-electron chi connectivity index (χ3n) is 2.56. The first kappa shape index (κ1) is 12.2. The van der Waals surface area contributed by atoms with E-state index < -0.39 is 10.2 Å². The minimum atomic E-state index is -3.37. The van der Waals surface area contributed by atoms with Crippen molar-refractivity contribution in [2.24, 2.45) is 0 Å². The lowest BCUT2D eigenvalue weighted by Gasteiger charge is -2.24. The van der Waals surface area contributed by atoms with Crippen LogP contribution in [0.25, 0.3) is 0 Å². The molecule has 0 aromatic carbocycles. The molecule has 4 nitrogen and oxygen atoms in total. The van der Waals surface area contributed by atoms with Crippen LogP contribution in [0, 0.1) is 0 Å². The highest BCUT2D eigenvalue weighted by molar-refractivity contribution is 7.87. The van der Waals surface area contributed by atoms with Crippen LogP contribution < -0.4 is 4.72 Å². The van der Waals surface area contributed by atoms with Crippen molar-refractivity contribution in [2.45, 2.75) is 38.3 Å². The summed E-state index contributed by atoms with van der Waals surface area (Å²) in [5, 5.41) is 0. The first-order valence-electron chi connectivity index (χ1n) is 4.66. The molecule has 1 aliphatic carbocycles. The summed E-state index contributed by atoms with van der Waals surface area (Å²) in [5.41, 5.74) is -0.371. The molecule has 0 spiro atoms. The van der Waals surface area contributed by atoms with Gasteiger partial charge in [0, 0.05) is 24.5 Å². The third-order valence-corrected chi connectivity index (χ3v) is 4.94. The van der Waals surface area contributed by atoms with E-state index in [1.165, 1.54) is 4.31 Å². The molecule has 14 heavy (non-hydrogen) atoms. The van der Waals surface area contributed by atoms with Crippen LogP contribution in [0.4, 0.5) is 0 Å². The van der Waals surface area contributed by atoms with Gasteiger partial charge in [0.1, 0.15) is 0 Å². The lowest BCUT2D eigenvalue weighted by Crippen LogP contribution is -2.48. The Kier molecular flexibility index (Phi) is 3.46. The Morgan fingerprint density at radius 3 is 2.29 bits per heavy atom. The maximum absolute atomic E-state index is 11.7. The molecule has 0 aromatic rings. The highest BCUT2D eigenvalue weighted by Crippen LogP contribution is 2.37. The van der Waals surface area contributed by atoms with E-state index in [2.05, 4.69) is 4.72 Å². The number of hydrogen-bond acceptors (Lipinski definition) is 2. The summed E-state index contributed by atoms with van der Waals surface area (Å²) >= 11 is 5.70. The molecule has 1 rings (SSSR count). The van der Waals surface area contributed by atoms with Crippen molar-refractivity contribution < 1.29 is 8.42 Å². The van der Waals surface area contributed by atoms with Gasteiger partial charge >= 0.3 is 0 Å². The predicted molar refractivity (Wildman–Crippen MR) is 57.6 cm³/mol. The zero-order valence-electron chi connectivity index (χ0n) is 8.75. The average Bonchev–Trinajstić information content (AvgIpc) is 2.83. The quantitative estimate of drug-likeness (QED) is 0.727. The molecule has 0 aliphatic heterocycles. The first-order chi connectivity index (χ1) is 6.33. The van der Waals surface area contributed by atoms with Crippen LogP contribution in [0.1, 0.15) is 26.7 Å². The van der Waals surface area contributed by atoms with Crippen molar-refractivity contribution >= 4 is 21.8 Å². The Morgan fingerprint density at radius 1 is 1.50 bits per heavy atom. The monoisotopic (exact) mass is 240 g/mol. The molecule has 0 unspecified atom stereocenters. The van der Waals surface area contributed by atoms with Crippen LogP contribution in [0.2, 0.25) is 0 Å². The maximum Gasteiger partial charge on any atom is 0.279 e. The molecule has 0 amide bonds. The number of alkyl halides is 1. The van der Waals surface area contributed by atoms with Gasteiger partial charge in [-0.3, -0.25) is 0 Å². The zero-order valence-corrected chi connectivity index (χ0v) is 10.3. The van der Waals surface area contributed by atoms with E-state index >= 15 is 0 Å². The second-order valence-corrected chi connectivity index (χ2v) is 6.13. The predicted octanol–water partition coefficient (Wildman–Crippen LogP) is 0.932. The number of halogens is 1. The van der Waals surface area contributed by atoms with Gasteiger partial charge in [-0.15, -0.1) is 11.6 Å². The van der Waals surface area contributed by atoms with Crippen molar-refractivity contribution in [3.63, 3.8) is 0 Å². The molecule has 1 aliphatic rings. The molecule has 0 saturated heterocycles. The molecule has 1 N–H and O–H groups in total. The van der Waals surface area contributed by atoms with E-state index in [4.69, 9.17) is 11.6 Å². The van der Waals surface area contributed by atoms with E-state index in [9.17, 15) is 8.42 Å². The molecule has 0 radical (unpaired) electrons. The summed E-state index contributed by atoms with van der Waals surface area (Å²) in [6, 6.07) is -0.0429. The Morgan fingerprint density at radius 2 is 2.00 bits per heavy atom. The van der Waals surface area contributed by atoms with Crippen LogP contribution >= 0.6 is 11.6 Å². The highest BCUT2D eigenvalue weighted by atomic mass is 35.5. The van der Waals surface area contributed by atoms with E-state index in [1.807, 2.05) is 13.8 Å². The van der Waals surface area contributed by atoms with E-state index in [1.54, 1.807) is 7.05 Å². The Hall–Kier alpha value is 0.160. The molecule has 0 aromatic heterocycles. The molecular weight excluding hydrogens is 224 g/mol. The number of nitrogens with one attached hydrogen (secondary N) is 1. The van der Waals surface area contributed by atoms with Gasteiger partial charge in [0.25, 0.3) is 10.2 Å². The van der Waals surface area contributed by atoms with Gasteiger partial charge < -0.3 is 0 Å². The second-order valence-electron chi connectivity index (χ2n) is 4.13. The maximum atomic E-state index is 11.7. The van der Waals surface area contributed by atoms with Gasteiger partial charge in [-0.1, -0.05) is 0 Å². The van der Waals surface area contributed by atoms with Crippen molar-refractivity contribution in [1.82, 2.24) is 9.03 Å². The minimum absolute atomic E-state index is 0.0429. The van der Waals surface area contributed by atoms with Crippen LogP contribution in [0.5, 0.6) is 0 Å². The Labute approximate surface area is 90.8 Å². The summed E-state index contributed by atoms with van der Waals surface area (Å²) < 4.78 is 27.4. The fourth-order valence-electron chi connectivity index (χ4n) is 1.04. The Balaban J connectivity index is 2.67. The summed E-state index contributed by atoms with van der Waals surface area (Å²) in [6.07, 6.45) is 1.67. The van der Waals surface area contributed by atoms with Crippen LogP contribution in [0.15, 0.2) is 0 Å². The van der Waals surface area contributed by atoms with Crippen molar-refractivity contribution in [2.75, 3.05) is 12.9 Å². The van der Waals surface area contributed by atoms with E-state index in [0.717, 1.165) is 12.8 Å². The van der Waals surface area contributed by atoms with Crippen molar-refractivity contribution in [3.05, 3.63) is 0 Å². The third kappa shape index (κ3) is 2.59. The molecule has 0 bridgehead atoms. The SMILES string of the molecule is CC(C)N(C)S(=O)(=O)NC1(CCl)CC1. The van der Waals surface area contributed by atoms with Crippen LogP contribution in [0.3, 0.4) is 0 Å². The standard InChI is InChI=1S/C8H17ClN2O2S/c1-7(2)11(3)14(12,13)10-8(6-9)4-5-8/h7,10H,4-6H2,1-3H3. The van der Waals surface area contributed by atoms with Gasteiger partial charge in [0.15, 0.2) is 0 Å². The molecule has 6 heteroatoms. The lowest BCUT2D eigenvalue weighted by molar-refractivity contribution is 0.396. The van der Waals surface area contributed by atoms with Crippen LogP contribution in [-0.4, -0.2) is 37.2 Å². The van der Waals surface area contributed by atoms with Gasteiger partial charge in [-0.25, -0.2) is 0 Å². The topological polar surface area (TPSA) is 49.4 Å². The molecule has 0 heterocycles. The highest BCUT2D eigenvalue weighted by Gasteiger charge is 2.46. The average molecular weight is 241 g/mol. The largest absolute Gasteiger partial charge is 0.279 e. The summed E-state index contributed by atoms with van der Waals surface area (Å²) in [5.74, 6) is 0.345. The van der Waals surface area contributed by atoms with Gasteiger partial charge in [0.2, 0.25) is 0 Å². The molecule has 0 atom stereocenters. The number of hydrogen-bond donors (Lipinski definition) is 1. The summed E-state index contributed by atoms with van der Waals surface area (Å²) in [4.78, 5) is 0. The number of rotatable bonds is 5. The first-order valence-corrected chi connectivity index (χ1v) is 6.63. The second kappa shape index (κ2) is 3.96. The van der Waals surface area contributed by atoms with Gasteiger partial charge in [0.05, 0.1) is 0 Å². The van der Waals surface area contributed by atoms with Gasteiger partial charge in [-0.2, -0.15) is 17.4 Å². The zero-order chi connectivity index (χ0) is 11.0. The number of nitrogens with zero attached hydrogens (tertiary/aromatic N) is 1. The molecule has 84 valence electrons. The van der Waals surface area contributed by atoms with E-state index in [0.29, 0.717) is 5.88 Å². The lowest BCUT2D eigenvalue weighted by atomic mass is 10.4. The Bertz CT molecular complexity index is 298. The molecular formula is C8H17ClN2O2S. The minimum Gasteiger partial charge on any atom is -0.195 e. The van der Waals surface area contributed by atoms with Crippen molar-refractivity contribution in [1.29, 1.82) is 0 Å². The van der Waals surface area contributed by atoms with E-state index in [-0.39, 0.29) is 11.6 Å². The van der Waals surface area contributed by atoms with Crippen LogP contribution in [-0.2, 0) is 10.2 Å². The smallest absolute Gasteiger partial charge is 0.195 e. The van der Waals surface area contributed by atoms with Gasteiger partial charge in [-0.05, 0) is 26.7 Å². The fraction of sp³-hybridized carbons (Fsp3) is 1.00. The summed E-state index contributed by atoms with van der Waals surface area (Å²) in [6.45, 7) is 3.67. The summed E-state index contributed by atoms with van der Waals surface area (Å²) in [7, 11) is -1.80. The molecule has 1 fully saturated rings. The fourth-order valence-corrected chi connectivity index (χ4v) is 2.97. The normalized spacial score (nSPS) is 20.4.